The Morgan fingerprint density at radius 3 is 1.39 bits per heavy atom. The number of nitrogens with zero attached hydrogens (tertiary/aromatic N) is 2. The summed E-state index contributed by atoms with van der Waals surface area (Å²) in [6.45, 7) is -0.318. The van der Waals surface area contributed by atoms with Crippen molar-refractivity contribution in [2.24, 2.45) is 0 Å². The molecule has 0 saturated heterocycles. The molecule has 220 valence electrons. The Balaban J connectivity index is 1.29. The van der Waals surface area contributed by atoms with Crippen molar-refractivity contribution < 1.29 is 29.0 Å². The van der Waals surface area contributed by atoms with Crippen molar-refractivity contribution in [3.05, 3.63) is 125 Å². The summed E-state index contributed by atoms with van der Waals surface area (Å²) in [5.41, 5.74) is 2.88. The van der Waals surface area contributed by atoms with Gasteiger partial charge in [-0.3, -0.25) is 19.2 Å². The molecule has 0 atom stereocenters. The zero-order chi connectivity index (χ0) is 31.4. The van der Waals surface area contributed by atoms with Gasteiger partial charge in [-0.15, -0.1) is 0 Å². The molecule has 4 amide bonds. The maximum absolute atomic E-state index is 14.0. The standard InChI is InChI=1S/C38H22N2O6/c1-46-21-8-6-20(7-9-21)39-35(42)26-14-10-22-24-12-16-28-34-29(38(45)40(37(28)44)30-5-3-2-4-19(30)18-41)17-13-25(32(24)34)23-11-15-27(36(39)43)33(26)31(22)23/h2-17,41H,18H2,1H3. The van der Waals surface area contributed by atoms with Crippen LogP contribution < -0.4 is 14.5 Å². The maximum atomic E-state index is 14.0. The molecule has 7 aromatic carbocycles. The zero-order valence-corrected chi connectivity index (χ0v) is 24.3. The van der Waals surface area contributed by atoms with Gasteiger partial charge in [0.05, 0.1) is 25.1 Å². The number of hydrogen-bond donors (Lipinski definition) is 1. The normalized spacial score (nSPS) is 14.5. The van der Waals surface area contributed by atoms with Crippen LogP contribution in [-0.2, 0) is 6.61 Å². The van der Waals surface area contributed by atoms with Crippen LogP contribution in [0.3, 0.4) is 0 Å². The van der Waals surface area contributed by atoms with E-state index in [9.17, 15) is 24.3 Å². The summed E-state index contributed by atoms with van der Waals surface area (Å²) in [5.74, 6) is -1.14. The van der Waals surface area contributed by atoms with E-state index in [4.69, 9.17) is 4.74 Å². The molecule has 0 bridgehead atoms. The molecule has 0 aliphatic carbocycles. The number of anilines is 2. The van der Waals surface area contributed by atoms with Crippen molar-refractivity contribution in [1.82, 2.24) is 0 Å². The van der Waals surface area contributed by atoms with Gasteiger partial charge in [0.15, 0.2) is 0 Å². The molecule has 1 N–H and O–H groups in total. The number of aliphatic hydroxyl groups is 1. The maximum Gasteiger partial charge on any atom is 0.265 e. The van der Waals surface area contributed by atoms with Crippen LogP contribution >= 0.6 is 0 Å². The highest BCUT2D eigenvalue weighted by Gasteiger charge is 2.38. The fourth-order valence-electron chi connectivity index (χ4n) is 7.32. The molecule has 8 heteroatoms. The number of hydrogen-bond acceptors (Lipinski definition) is 6. The highest BCUT2D eigenvalue weighted by atomic mass is 16.5. The third-order valence-electron chi connectivity index (χ3n) is 9.37. The summed E-state index contributed by atoms with van der Waals surface area (Å²) in [6, 6.07) is 28.1. The van der Waals surface area contributed by atoms with Gasteiger partial charge < -0.3 is 9.84 Å². The van der Waals surface area contributed by atoms with Crippen LogP contribution in [0.4, 0.5) is 11.4 Å². The minimum Gasteiger partial charge on any atom is -0.497 e. The summed E-state index contributed by atoms with van der Waals surface area (Å²) in [7, 11) is 1.55. The number of fused-ring (bicyclic) bond motifs is 2. The number of imide groups is 2. The fraction of sp³-hybridized carbons (Fsp3) is 0.0526. The first kappa shape index (κ1) is 26.3. The van der Waals surface area contributed by atoms with E-state index in [1.165, 1.54) is 4.90 Å². The van der Waals surface area contributed by atoms with Gasteiger partial charge >= 0.3 is 0 Å². The molecular formula is C38H22N2O6. The van der Waals surface area contributed by atoms with E-state index in [1.807, 2.05) is 24.3 Å². The van der Waals surface area contributed by atoms with Crippen LogP contribution in [0.25, 0.3) is 43.1 Å². The second-order valence-electron chi connectivity index (χ2n) is 11.5. The molecular weight excluding hydrogens is 580 g/mol. The van der Waals surface area contributed by atoms with Crippen molar-refractivity contribution in [2.45, 2.75) is 6.61 Å². The molecule has 0 fully saturated rings. The van der Waals surface area contributed by atoms with Crippen LogP contribution in [0.5, 0.6) is 5.75 Å². The van der Waals surface area contributed by atoms with Gasteiger partial charge in [-0.2, -0.15) is 0 Å². The van der Waals surface area contributed by atoms with Gasteiger partial charge in [-0.05, 0) is 86.9 Å². The first-order chi connectivity index (χ1) is 22.4. The smallest absolute Gasteiger partial charge is 0.265 e. The van der Waals surface area contributed by atoms with E-state index in [-0.39, 0.29) is 6.61 Å². The van der Waals surface area contributed by atoms with Crippen molar-refractivity contribution in [1.29, 1.82) is 0 Å². The molecule has 9 rings (SSSR count). The molecule has 0 spiro atoms. The Labute approximate surface area is 261 Å². The predicted molar refractivity (Wildman–Crippen MR) is 175 cm³/mol. The summed E-state index contributed by atoms with van der Waals surface area (Å²) in [5, 5.41) is 15.9. The van der Waals surface area contributed by atoms with Crippen LogP contribution in [0.2, 0.25) is 0 Å². The number of ether oxygens (including phenoxy) is 1. The van der Waals surface area contributed by atoms with Gasteiger partial charge in [0, 0.05) is 38.6 Å². The van der Waals surface area contributed by atoms with Gasteiger partial charge in [0.25, 0.3) is 23.6 Å². The number of aliphatic hydroxyl groups excluding tert-OH is 1. The number of benzene rings is 7. The predicted octanol–water partition coefficient (Wildman–Crippen LogP) is 6.84. The van der Waals surface area contributed by atoms with Gasteiger partial charge in [-0.25, -0.2) is 9.80 Å². The van der Waals surface area contributed by atoms with Crippen molar-refractivity contribution in [2.75, 3.05) is 16.9 Å². The second-order valence-corrected chi connectivity index (χ2v) is 11.5. The Morgan fingerprint density at radius 1 is 0.522 bits per heavy atom. The molecule has 0 aromatic heterocycles. The average molecular weight is 603 g/mol. The van der Waals surface area contributed by atoms with Crippen LogP contribution in [-0.4, -0.2) is 35.8 Å². The molecule has 8 nitrogen and oxygen atoms in total. The molecule has 0 saturated carbocycles. The minimum absolute atomic E-state index is 0.318. The number of amides is 4. The van der Waals surface area contributed by atoms with Crippen molar-refractivity contribution in [3.63, 3.8) is 0 Å². The topological polar surface area (TPSA) is 104 Å². The molecule has 0 unspecified atom stereocenters. The fourth-order valence-corrected chi connectivity index (χ4v) is 7.32. The lowest BCUT2D eigenvalue weighted by molar-refractivity contribution is 0.0877. The summed E-state index contributed by atoms with van der Waals surface area (Å²) in [6.07, 6.45) is 0. The molecule has 2 aliphatic heterocycles. The van der Waals surface area contributed by atoms with Gasteiger partial charge in [-0.1, -0.05) is 42.5 Å². The SMILES string of the molecule is COc1ccc(N2C(=O)c3ccc4c5ccc6c7c(ccc(c8ccc(c3c48)C2=O)c75)C(=O)N(c2ccccc2CO)C6=O)cc1. The monoisotopic (exact) mass is 602 g/mol. The third kappa shape index (κ3) is 3.20. The van der Waals surface area contributed by atoms with Crippen LogP contribution in [0.1, 0.15) is 47.0 Å². The molecule has 7 aromatic rings. The summed E-state index contributed by atoms with van der Waals surface area (Å²) < 4.78 is 5.25. The van der Waals surface area contributed by atoms with E-state index < -0.39 is 23.6 Å². The Hall–Kier alpha value is -6.12. The summed E-state index contributed by atoms with van der Waals surface area (Å²) >= 11 is 0. The van der Waals surface area contributed by atoms with Crippen molar-refractivity contribution in [3.8, 4) is 5.75 Å². The van der Waals surface area contributed by atoms with Gasteiger partial charge in [0.2, 0.25) is 0 Å². The van der Waals surface area contributed by atoms with Gasteiger partial charge in [0.1, 0.15) is 5.75 Å². The third-order valence-corrected chi connectivity index (χ3v) is 9.37. The summed E-state index contributed by atoms with van der Waals surface area (Å²) in [4.78, 5) is 58.1. The average Bonchev–Trinajstić information content (AvgIpc) is 3.09. The number of methoxy groups -OCH3 is 1. The second kappa shape index (κ2) is 9.20. The lowest BCUT2D eigenvalue weighted by Gasteiger charge is -2.30. The lowest BCUT2D eigenvalue weighted by Crippen LogP contribution is -2.41. The van der Waals surface area contributed by atoms with E-state index >= 15 is 0 Å². The molecule has 2 heterocycles. The Morgan fingerprint density at radius 2 is 0.957 bits per heavy atom. The van der Waals surface area contributed by atoms with Crippen LogP contribution in [0.15, 0.2) is 97.1 Å². The first-order valence-electron chi connectivity index (χ1n) is 14.7. The number of carbonyl (C=O) groups is 4. The number of carbonyl (C=O) groups excluding carboxylic acids is 4. The highest BCUT2D eigenvalue weighted by molar-refractivity contribution is 6.45. The highest BCUT2D eigenvalue weighted by Crippen LogP contribution is 2.47. The largest absolute Gasteiger partial charge is 0.497 e. The van der Waals surface area contributed by atoms with E-state index in [0.29, 0.717) is 55.7 Å². The first-order valence-corrected chi connectivity index (χ1v) is 14.7. The quantitative estimate of drug-likeness (QED) is 0.134. The van der Waals surface area contributed by atoms with E-state index in [2.05, 4.69) is 0 Å². The Bertz CT molecular complexity index is 2410. The van der Waals surface area contributed by atoms with Crippen LogP contribution in [0, 0.1) is 0 Å². The zero-order valence-electron chi connectivity index (χ0n) is 24.3. The molecule has 2 aliphatic rings. The minimum atomic E-state index is -0.465. The Kier molecular flexibility index (Phi) is 5.26. The molecule has 0 radical (unpaired) electrons. The number of rotatable bonds is 4. The lowest BCUT2D eigenvalue weighted by atomic mass is 9.82. The van der Waals surface area contributed by atoms with E-state index in [0.717, 1.165) is 37.2 Å². The number of para-hydroxylation sites is 1. The molecule has 46 heavy (non-hydrogen) atoms. The van der Waals surface area contributed by atoms with E-state index in [1.54, 1.807) is 79.9 Å². The van der Waals surface area contributed by atoms with Crippen molar-refractivity contribution >= 4 is 78.1 Å².